The molecule has 0 aliphatic rings. The van der Waals surface area contributed by atoms with Crippen molar-refractivity contribution in [3.8, 4) is 0 Å². The van der Waals surface area contributed by atoms with Gasteiger partial charge in [-0.2, -0.15) is 0 Å². The SMILES string of the molecule is CC=CC(=O)OSCC. The molecule has 0 spiro atoms. The molecule has 2 nitrogen and oxygen atoms in total. The molecule has 0 atom stereocenters. The molecule has 0 saturated carbocycles. The van der Waals surface area contributed by atoms with Crippen molar-refractivity contribution in [2.75, 3.05) is 5.75 Å². The lowest BCUT2D eigenvalue weighted by molar-refractivity contribution is -0.127. The summed E-state index contributed by atoms with van der Waals surface area (Å²) in [6.07, 6.45) is 3.04. The summed E-state index contributed by atoms with van der Waals surface area (Å²) in [7, 11) is 0. The van der Waals surface area contributed by atoms with Crippen molar-refractivity contribution >= 4 is 18.0 Å². The number of hydrogen-bond acceptors (Lipinski definition) is 3. The maximum absolute atomic E-state index is 10.5. The van der Waals surface area contributed by atoms with Crippen molar-refractivity contribution in [3.05, 3.63) is 12.2 Å². The molecule has 3 heteroatoms. The molecule has 0 N–H and O–H groups in total. The summed E-state index contributed by atoms with van der Waals surface area (Å²) in [6.45, 7) is 3.70. The van der Waals surface area contributed by atoms with Crippen LogP contribution in [0.2, 0.25) is 0 Å². The van der Waals surface area contributed by atoms with Crippen LogP contribution < -0.4 is 0 Å². The van der Waals surface area contributed by atoms with Crippen molar-refractivity contribution in [2.24, 2.45) is 0 Å². The van der Waals surface area contributed by atoms with E-state index in [4.69, 9.17) is 0 Å². The molecule has 0 unspecified atom stereocenters. The van der Waals surface area contributed by atoms with Crippen LogP contribution in [0.5, 0.6) is 0 Å². The maximum Gasteiger partial charge on any atom is 0.342 e. The van der Waals surface area contributed by atoms with Crippen molar-refractivity contribution in [3.63, 3.8) is 0 Å². The molecule has 0 radical (unpaired) electrons. The number of carbonyl (C=O) groups is 1. The van der Waals surface area contributed by atoms with Crippen LogP contribution in [0.25, 0.3) is 0 Å². The van der Waals surface area contributed by atoms with E-state index >= 15 is 0 Å². The lowest BCUT2D eigenvalue weighted by atomic mass is 10.5. The first-order valence-corrected chi connectivity index (χ1v) is 3.68. The monoisotopic (exact) mass is 146 g/mol. The molecule has 9 heavy (non-hydrogen) atoms. The summed E-state index contributed by atoms with van der Waals surface area (Å²) in [5, 5.41) is 0. The Morgan fingerprint density at radius 3 is 2.89 bits per heavy atom. The van der Waals surface area contributed by atoms with Crippen molar-refractivity contribution in [2.45, 2.75) is 13.8 Å². The van der Waals surface area contributed by atoms with Gasteiger partial charge >= 0.3 is 5.97 Å². The Kier molecular flexibility index (Phi) is 5.41. The predicted octanol–water partition coefficient (Wildman–Crippen LogP) is 1.77. The smallest absolute Gasteiger partial charge is 0.342 e. The third-order valence-electron chi connectivity index (χ3n) is 0.562. The van der Waals surface area contributed by atoms with Gasteiger partial charge < -0.3 is 4.18 Å². The van der Waals surface area contributed by atoms with Gasteiger partial charge in [0.1, 0.15) is 0 Å². The average Bonchev–Trinajstić information content (AvgIpc) is 1.85. The molecule has 0 heterocycles. The van der Waals surface area contributed by atoms with Crippen LogP contribution >= 0.6 is 12.0 Å². The molecule has 0 aromatic heterocycles. The van der Waals surface area contributed by atoms with E-state index in [2.05, 4.69) is 4.18 Å². The second-order valence-electron chi connectivity index (χ2n) is 1.31. The van der Waals surface area contributed by atoms with Crippen LogP contribution in [0.4, 0.5) is 0 Å². The van der Waals surface area contributed by atoms with Gasteiger partial charge in [-0.3, -0.25) is 0 Å². The molecule has 0 fully saturated rings. The zero-order chi connectivity index (χ0) is 7.11. The van der Waals surface area contributed by atoms with Crippen LogP contribution in [-0.2, 0) is 8.98 Å². The van der Waals surface area contributed by atoms with Gasteiger partial charge in [0.2, 0.25) is 0 Å². The summed E-state index contributed by atoms with van der Waals surface area (Å²) in [5.74, 6) is 0.507. The van der Waals surface area contributed by atoms with E-state index in [1.165, 1.54) is 6.08 Å². The summed E-state index contributed by atoms with van der Waals surface area (Å²) < 4.78 is 4.62. The lowest BCUT2D eigenvalue weighted by Gasteiger charge is -1.92. The van der Waals surface area contributed by atoms with E-state index in [0.717, 1.165) is 17.8 Å². The number of hydrogen-bond donors (Lipinski definition) is 0. The first-order valence-electron chi connectivity index (χ1n) is 2.77. The highest BCUT2D eigenvalue weighted by Crippen LogP contribution is 2.00. The standard InChI is InChI=1S/C6H10O2S/c1-3-5-6(7)8-9-4-2/h3,5H,4H2,1-2H3. The van der Waals surface area contributed by atoms with Crippen LogP contribution in [0.1, 0.15) is 13.8 Å². The van der Waals surface area contributed by atoms with Gasteiger partial charge in [0.25, 0.3) is 0 Å². The fourth-order valence-corrected chi connectivity index (χ4v) is 0.570. The molecule has 0 aromatic rings. The van der Waals surface area contributed by atoms with Crippen LogP contribution in [0.15, 0.2) is 12.2 Å². The number of carbonyl (C=O) groups excluding carboxylic acids is 1. The van der Waals surface area contributed by atoms with Gasteiger partial charge in [-0.15, -0.1) is 0 Å². The highest BCUT2D eigenvalue weighted by atomic mass is 32.2. The molecule has 52 valence electrons. The fourth-order valence-electron chi connectivity index (χ4n) is 0.281. The van der Waals surface area contributed by atoms with Crippen LogP contribution in [0.3, 0.4) is 0 Å². The molecule has 0 aliphatic carbocycles. The van der Waals surface area contributed by atoms with Gasteiger partial charge in [-0.1, -0.05) is 13.0 Å². The minimum absolute atomic E-state index is 0.288. The predicted molar refractivity (Wildman–Crippen MR) is 39.0 cm³/mol. The van der Waals surface area contributed by atoms with Crippen LogP contribution in [-0.4, -0.2) is 11.7 Å². The zero-order valence-electron chi connectivity index (χ0n) is 5.59. The van der Waals surface area contributed by atoms with E-state index in [1.807, 2.05) is 6.92 Å². The van der Waals surface area contributed by atoms with Gasteiger partial charge in [-0.25, -0.2) is 4.79 Å². The Morgan fingerprint density at radius 1 is 1.78 bits per heavy atom. The number of rotatable bonds is 3. The maximum atomic E-state index is 10.5. The highest BCUT2D eigenvalue weighted by Gasteiger charge is 1.92. The zero-order valence-corrected chi connectivity index (χ0v) is 6.40. The third kappa shape index (κ3) is 5.43. The van der Waals surface area contributed by atoms with E-state index < -0.39 is 0 Å². The molecular weight excluding hydrogens is 136 g/mol. The third-order valence-corrected chi connectivity index (χ3v) is 1.08. The molecule has 0 rings (SSSR count). The molecule has 0 aromatic carbocycles. The van der Waals surface area contributed by atoms with E-state index in [1.54, 1.807) is 13.0 Å². The number of allylic oxidation sites excluding steroid dienone is 1. The fraction of sp³-hybridized carbons (Fsp3) is 0.500. The Morgan fingerprint density at radius 2 is 2.44 bits per heavy atom. The Labute approximate surface area is 59.5 Å². The minimum Gasteiger partial charge on any atom is -0.388 e. The summed E-state index contributed by atoms with van der Waals surface area (Å²) in [5.41, 5.74) is 0. The second-order valence-corrected chi connectivity index (χ2v) is 2.29. The summed E-state index contributed by atoms with van der Waals surface area (Å²) >= 11 is 1.16. The normalized spacial score (nSPS) is 10.0. The molecular formula is C6H10O2S. The first kappa shape index (κ1) is 8.56. The van der Waals surface area contributed by atoms with Gasteiger partial charge in [-0.05, 0) is 6.92 Å². The van der Waals surface area contributed by atoms with E-state index in [9.17, 15) is 4.79 Å². The first-order chi connectivity index (χ1) is 4.31. The minimum atomic E-state index is -0.288. The average molecular weight is 146 g/mol. The largest absolute Gasteiger partial charge is 0.388 e. The topological polar surface area (TPSA) is 26.3 Å². The second kappa shape index (κ2) is 5.69. The van der Waals surface area contributed by atoms with Crippen LogP contribution in [0, 0.1) is 0 Å². The molecule has 0 aliphatic heterocycles. The van der Waals surface area contributed by atoms with E-state index in [0.29, 0.717) is 0 Å². The van der Waals surface area contributed by atoms with Gasteiger partial charge in [0, 0.05) is 11.8 Å². The quantitative estimate of drug-likeness (QED) is 0.448. The van der Waals surface area contributed by atoms with E-state index in [-0.39, 0.29) is 5.97 Å². The van der Waals surface area contributed by atoms with Crippen molar-refractivity contribution in [1.29, 1.82) is 0 Å². The van der Waals surface area contributed by atoms with Crippen molar-refractivity contribution in [1.82, 2.24) is 0 Å². The Bertz CT molecular complexity index is 110. The highest BCUT2D eigenvalue weighted by molar-refractivity contribution is 7.95. The Hall–Kier alpha value is -0.440. The Balaban J connectivity index is 3.27. The summed E-state index contributed by atoms with van der Waals surface area (Å²) in [4.78, 5) is 10.5. The molecule has 0 bridgehead atoms. The molecule has 0 saturated heterocycles. The lowest BCUT2D eigenvalue weighted by Crippen LogP contribution is -1.91. The van der Waals surface area contributed by atoms with Gasteiger partial charge in [0.15, 0.2) is 0 Å². The summed E-state index contributed by atoms with van der Waals surface area (Å²) in [6, 6.07) is 0. The van der Waals surface area contributed by atoms with Crippen molar-refractivity contribution < 1.29 is 8.98 Å². The molecule has 0 amide bonds. The van der Waals surface area contributed by atoms with Gasteiger partial charge in [0.05, 0.1) is 12.0 Å².